The highest BCUT2D eigenvalue weighted by Crippen LogP contribution is 2.45. The van der Waals surface area contributed by atoms with Gasteiger partial charge in [-0.2, -0.15) is 0 Å². The number of rotatable bonds is 1. The van der Waals surface area contributed by atoms with E-state index in [0.29, 0.717) is 13.1 Å². The van der Waals surface area contributed by atoms with Crippen molar-refractivity contribution in [3.8, 4) is 0 Å². The maximum absolute atomic E-state index is 13.6. The van der Waals surface area contributed by atoms with E-state index < -0.39 is 17.7 Å². The van der Waals surface area contributed by atoms with Crippen LogP contribution in [0.4, 0.5) is 19.3 Å². The van der Waals surface area contributed by atoms with Crippen LogP contribution in [-0.2, 0) is 0 Å². The molecule has 1 aromatic rings. The number of benzene rings is 1. The normalized spacial score (nSPS) is 28.1. The molecule has 0 aromatic heterocycles. The number of urea groups is 1. The van der Waals surface area contributed by atoms with Crippen LogP contribution in [0.5, 0.6) is 0 Å². The SMILES string of the molecule is O=C(Nc1ccc(F)cc1F)N1CCC[C@]2(CCC[C@H]2O)C1. The number of carbonyl (C=O) groups is 1. The van der Waals surface area contributed by atoms with Gasteiger partial charge >= 0.3 is 6.03 Å². The number of hydrogen-bond acceptors (Lipinski definition) is 2. The van der Waals surface area contributed by atoms with E-state index in [1.54, 1.807) is 4.90 Å². The third-order valence-corrected chi connectivity index (χ3v) is 4.93. The smallest absolute Gasteiger partial charge is 0.321 e. The molecule has 0 unspecified atom stereocenters. The Morgan fingerprint density at radius 1 is 1.32 bits per heavy atom. The molecule has 1 heterocycles. The summed E-state index contributed by atoms with van der Waals surface area (Å²) in [6, 6.07) is 2.67. The van der Waals surface area contributed by atoms with Crippen molar-refractivity contribution in [1.29, 1.82) is 0 Å². The molecule has 1 spiro atoms. The first-order valence-electron chi connectivity index (χ1n) is 7.69. The monoisotopic (exact) mass is 310 g/mol. The standard InChI is InChI=1S/C16H20F2N2O2/c17-11-4-5-13(12(18)9-11)19-15(22)20-8-2-7-16(10-20)6-1-3-14(16)21/h4-5,9,14,21H,1-3,6-8,10H2,(H,19,22)/t14-,16-/m1/s1. The van der Waals surface area contributed by atoms with Crippen LogP contribution in [0.1, 0.15) is 32.1 Å². The maximum atomic E-state index is 13.6. The van der Waals surface area contributed by atoms with Gasteiger partial charge in [-0.3, -0.25) is 0 Å². The zero-order chi connectivity index (χ0) is 15.7. The van der Waals surface area contributed by atoms with Crippen molar-refractivity contribution in [3.63, 3.8) is 0 Å². The highest BCUT2D eigenvalue weighted by Gasteiger charge is 2.45. The molecular weight excluding hydrogens is 290 g/mol. The number of carbonyl (C=O) groups excluding carboxylic acids is 1. The molecule has 1 saturated heterocycles. The molecule has 1 aliphatic heterocycles. The van der Waals surface area contributed by atoms with E-state index in [1.165, 1.54) is 6.07 Å². The van der Waals surface area contributed by atoms with Crippen molar-refractivity contribution in [2.24, 2.45) is 5.41 Å². The summed E-state index contributed by atoms with van der Waals surface area (Å²) in [7, 11) is 0. The van der Waals surface area contributed by atoms with Gasteiger partial charge in [0.05, 0.1) is 11.8 Å². The van der Waals surface area contributed by atoms with Crippen molar-refractivity contribution >= 4 is 11.7 Å². The number of aliphatic hydroxyl groups is 1. The Kier molecular flexibility index (Phi) is 4.04. The van der Waals surface area contributed by atoms with Crippen LogP contribution in [0.2, 0.25) is 0 Å². The minimum Gasteiger partial charge on any atom is -0.392 e. The molecule has 1 aromatic carbocycles. The molecule has 6 heteroatoms. The molecular formula is C16H20F2N2O2. The molecule has 2 atom stereocenters. The van der Waals surface area contributed by atoms with Crippen molar-refractivity contribution in [3.05, 3.63) is 29.8 Å². The summed E-state index contributed by atoms with van der Waals surface area (Å²) in [4.78, 5) is 13.9. The highest BCUT2D eigenvalue weighted by molar-refractivity contribution is 5.89. The maximum Gasteiger partial charge on any atom is 0.321 e. The van der Waals surface area contributed by atoms with Crippen LogP contribution in [0.3, 0.4) is 0 Å². The quantitative estimate of drug-likeness (QED) is 0.837. The number of amides is 2. The molecule has 2 aliphatic rings. The number of nitrogens with one attached hydrogen (secondary N) is 1. The van der Waals surface area contributed by atoms with Gasteiger partial charge in [0.15, 0.2) is 0 Å². The van der Waals surface area contributed by atoms with Gasteiger partial charge in [-0.1, -0.05) is 6.42 Å². The molecule has 3 rings (SSSR count). The first-order valence-corrected chi connectivity index (χ1v) is 7.69. The predicted molar refractivity (Wildman–Crippen MR) is 78.5 cm³/mol. The average Bonchev–Trinajstić information content (AvgIpc) is 2.82. The van der Waals surface area contributed by atoms with E-state index in [-0.39, 0.29) is 17.2 Å². The summed E-state index contributed by atoms with van der Waals surface area (Å²) in [6.07, 6.45) is 4.05. The van der Waals surface area contributed by atoms with Crippen molar-refractivity contribution in [2.75, 3.05) is 18.4 Å². The third-order valence-electron chi connectivity index (χ3n) is 4.93. The van der Waals surface area contributed by atoms with Crippen LogP contribution in [0, 0.1) is 17.0 Å². The fraction of sp³-hybridized carbons (Fsp3) is 0.562. The molecule has 0 bridgehead atoms. The Morgan fingerprint density at radius 2 is 2.09 bits per heavy atom. The molecule has 2 fully saturated rings. The molecule has 22 heavy (non-hydrogen) atoms. The molecule has 4 nitrogen and oxygen atoms in total. The second kappa shape index (κ2) is 5.83. The number of piperidine rings is 1. The van der Waals surface area contributed by atoms with E-state index in [2.05, 4.69) is 5.32 Å². The number of halogens is 2. The second-order valence-electron chi connectivity index (χ2n) is 6.35. The van der Waals surface area contributed by atoms with Gasteiger partial charge in [0.1, 0.15) is 11.6 Å². The molecule has 0 radical (unpaired) electrons. The highest BCUT2D eigenvalue weighted by atomic mass is 19.1. The Labute approximate surface area is 128 Å². The first kappa shape index (κ1) is 15.2. The van der Waals surface area contributed by atoms with E-state index >= 15 is 0 Å². The average molecular weight is 310 g/mol. The summed E-state index contributed by atoms with van der Waals surface area (Å²) in [5.74, 6) is -1.47. The van der Waals surface area contributed by atoms with Crippen LogP contribution in [0.25, 0.3) is 0 Å². The first-order chi connectivity index (χ1) is 10.5. The zero-order valence-electron chi connectivity index (χ0n) is 12.3. The summed E-state index contributed by atoms with van der Waals surface area (Å²) in [5.41, 5.74) is -0.241. The molecule has 2 N–H and O–H groups in total. The largest absolute Gasteiger partial charge is 0.392 e. The topological polar surface area (TPSA) is 52.6 Å². The van der Waals surface area contributed by atoms with Crippen LogP contribution >= 0.6 is 0 Å². The van der Waals surface area contributed by atoms with E-state index in [4.69, 9.17) is 0 Å². The minimum atomic E-state index is -0.791. The molecule has 1 saturated carbocycles. The van der Waals surface area contributed by atoms with Crippen molar-refractivity contribution in [2.45, 2.75) is 38.2 Å². The van der Waals surface area contributed by atoms with E-state index in [9.17, 15) is 18.7 Å². The lowest BCUT2D eigenvalue weighted by Crippen LogP contribution is -2.50. The number of nitrogens with zero attached hydrogens (tertiary/aromatic N) is 1. The summed E-state index contributed by atoms with van der Waals surface area (Å²) in [5, 5.41) is 12.7. The fourth-order valence-corrected chi connectivity index (χ4v) is 3.71. The minimum absolute atomic E-state index is 0.0296. The van der Waals surface area contributed by atoms with Gasteiger partial charge in [-0.15, -0.1) is 0 Å². The van der Waals surface area contributed by atoms with Gasteiger partial charge in [-0.25, -0.2) is 13.6 Å². The number of anilines is 1. The summed E-state index contributed by atoms with van der Waals surface area (Å²) < 4.78 is 26.5. The Morgan fingerprint density at radius 3 is 2.77 bits per heavy atom. The number of aliphatic hydroxyl groups excluding tert-OH is 1. The van der Waals surface area contributed by atoms with Crippen molar-refractivity contribution < 1.29 is 18.7 Å². The number of likely N-dealkylation sites (tertiary alicyclic amines) is 1. The third kappa shape index (κ3) is 2.79. The zero-order valence-corrected chi connectivity index (χ0v) is 12.3. The molecule has 1 aliphatic carbocycles. The Bertz CT molecular complexity index is 581. The summed E-state index contributed by atoms with van der Waals surface area (Å²) >= 11 is 0. The van der Waals surface area contributed by atoms with Crippen LogP contribution in [-0.4, -0.2) is 35.2 Å². The Balaban J connectivity index is 1.69. The van der Waals surface area contributed by atoms with Gasteiger partial charge in [0.2, 0.25) is 0 Å². The van der Waals surface area contributed by atoms with E-state index in [0.717, 1.165) is 44.2 Å². The molecule has 2 amide bonds. The predicted octanol–water partition coefficient (Wildman–Crippen LogP) is 3.12. The van der Waals surface area contributed by atoms with Gasteiger partial charge < -0.3 is 15.3 Å². The summed E-state index contributed by atoms with van der Waals surface area (Å²) in [6.45, 7) is 1.08. The van der Waals surface area contributed by atoms with Crippen LogP contribution in [0.15, 0.2) is 18.2 Å². The Hall–Kier alpha value is -1.69. The lowest BCUT2D eigenvalue weighted by Gasteiger charge is -2.42. The van der Waals surface area contributed by atoms with E-state index in [1.807, 2.05) is 0 Å². The fourth-order valence-electron chi connectivity index (χ4n) is 3.71. The van der Waals surface area contributed by atoms with Crippen molar-refractivity contribution in [1.82, 2.24) is 4.90 Å². The molecule has 120 valence electrons. The van der Waals surface area contributed by atoms with Crippen LogP contribution < -0.4 is 5.32 Å². The van der Waals surface area contributed by atoms with Gasteiger partial charge in [0.25, 0.3) is 0 Å². The number of hydrogen-bond donors (Lipinski definition) is 2. The second-order valence-corrected chi connectivity index (χ2v) is 6.35. The van der Waals surface area contributed by atoms with Gasteiger partial charge in [-0.05, 0) is 37.8 Å². The van der Waals surface area contributed by atoms with Gasteiger partial charge in [0, 0.05) is 24.6 Å². The lowest BCUT2D eigenvalue weighted by molar-refractivity contribution is 0.00399. The lowest BCUT2D eigenvalue weighted by atomic mass is 9.77.